The van der Waals surface area contributed by atoms with Crippen molar-refractivity contribution in [2.45, 2.75) is 6.92 Å². The molecule has 1 aromatic heterocycles. The van der Waals surface area contributed by atoms with Gasteiger partial charge in [-0.05, 0) is 61.0 Å². The number of halogens is 2. The molecule has 3 aromatic carbocycles. The summed E-state index contributed by atoms with van der Waals surface area (Å²) in [5, 5.41) is 0.536. The van der Waals surface area contributed by atoms with Crippen molar-refractivity contribution in [3.63, 3.8) is 0 Å². The molecule has 0 saturated heterocycles. The van der Waals surface area contributed by atoms with Crippen molar-refractivity contribution in [2.24, 2.45) is 0 Å². The predicted molar refractivity (Wildman–Crippen MR) is 115 cm³/mol. The monoisotopic (exact) mass is 434 g/mol. The topological polar surface area (TPSA) is 34.9 Å². The van der Waals surface area contributed by atoms with E-state index in [9.17, 15) is 9.18 Å². The van der Waals surface area contributed by atoms with Crippen LogP contribution in [-0.4, -0.2) is 9.55 Å². The van der Waals surface area contributed by atoms with Gasteiger partial charge in [-0.3, -0.25) is 9.36 Å². The van der Waals surface area contributed by atoms with Crippen LogP contribution >= 0.6 is 15.9 Å². The molecule has 5 heteroatoms. The fourth-order valence-electron chi connectivity index (χ4n) is 2.97. The van der Waals surface area contributed by atoms with E-state index in [-0.39, 0.29) is 11.4 Å². The first-order valence-corrected chi connectivity index (χ1v) is 9.53. The van der Waals surface area contributed by atoms with Crippen molar-refractivity contribution in [2.75, 3.05) is 0 Å². The predicted octanol–water partition coefficient (Wildman–Crippen LogP) is 5.77. The second-order valence-electron chi connectivity index (χ2n) is 6.49. The maximum atomic E-state index is 13.3. The van der Waals surface area contributed by atoms with Crippen LogP contribution in [0.15, 0.2) is 76.0 Å². The molecule has 0 fully saturated rings. The lowest BCUT2D eigenvalue weighted by molar-refractivity contribution is 0.628. The summed E-state index contributed by atoms with van der Waals surface area (Å²) in [6.45, 7) is 2.00. The molecule has 0 N–H and O–H groups in total. The number of hydrogen-bond donors (Lipinski definition) is 0. The lowest BCUT2D eigenvalue weighted by Gasteiger charge is -2.12. The molecular formula is C23H16BrFN2O. The molecule has 0 aliphatic carbocycles. The lowest BCUT2D eigenvalue weighted by atomic mass is 10.2. The Hall–Kier alpha value is -3.05. The molecule has 0 saturated carbocycles. The number of fused-ring (bicyclic) bond motifs is 1. The van der Waals surface area contributed by atoms with Crippen LogP contribution in [0.2, 0.25) is 0 Å². The minimum atomic E-state index is -0.289. The summed E-state index contributed by atoms with van der Waals surface area (Å²) in [7, 11) is 0. The van der Waals surface area contributed by atoms with E-state index in [0.29, 0.717) is 16.7 Å². The number of aryl methyl sites for hydroxylation is 1. The van der Waals surface area contributed by atoms with Crippen LogP contribution in [0.1, 0.15) is 17.0 Å². The highest BCUT2D eigenvalue weighted by atomic mass is 79.9. The summed E-state index contributed by atoms with van der Waals surface area (Å²) in [6, 6.07) is 19.3. The summed E-state index contributed by atoms with van der Waals surface area (Å²) in [5.41, 5.74) is 3.15. The van der Waals surface area contributed by atoms with E-state index >= 15 is 0 Å². The number of aromatic nitrogens is 2. The van der Waals surface area contributed by atoms with Crippen LogP contribution in [0.3, 0.4) is 0 Å². The van der Waals surface area contributed by atoms with Gasteiger partial charge in [-0.15, -0.1) is 0 Å². The summed E-state index contributed by atoms with van der Waals surface area (Å²) >= 11 is 3.42. The Morgan fingerprint density at radius 1 is 0.964 bits per heavy atom. The molecule has 0 aliphatic rings. The van der Waals surface area contributed by atoms with Crippen LogP contribution in [0.4, 0.5) is 4.39 Å². The largest absolute Gasteiger partial charge is 0.268 e. The smallest absolute Gasteiger partial charge is 0.266 e. The van der Waals surface area contributed by atoms with Gasteiger partial charge in [-0.25, -0.2) is 9.37 Å². The van der Waals surface area contributed by atoms with Crippen molar-refractivity contribution < 1.29 is 4.39 Å². The van der Waals surface area contributed by atoms with Crippen LogP contribution in [0.25, 0.3) is 28.7 Å². The highest BCUT2D eigenvalue weighted by Crippen LogP contribution is 2.19. The van der Waals surface area contributed by atoms with Crippen molar-refractivity contribution in [3.8, 4) is 5.69 Å². The lowest BCUT2D eigenvalue weighted by Crippen LogP contribution is -2.22. The Morgan fingerprint density at radius 2 is 1.68 bits per heavy atom. The first-order chi connectivity index (χ1) is 13.5. The molecule has 0 bridgehead atoms. The van der Waals surface area contributed by atoms with Gasteiger partial charge in [-0.2, -0.15) is 0 Å². The van der Waals surface area contributed by atoms with E-state index in [0.717, 1.165) is 21.3 Å². The van der Waals surface area contributed by atoms with Gasteiger partial charge < -0.3 is 0 Å². The van der Waals surface area contributed by atoms with E-state index in [4.69, 9.17) is 0 Å². The van der Waals surface area contributed by atoms with Crippen LogP contribution in [0, 0.1) is 12.7 Å². The van der Waals surface area contributed by atoms with Crippen molar-refractivity contribution in [3.05, 3.63) is 104 Å². The van der Waals surface area contributed by atoms with Gasteiger partial charge >= 0.3 is 0 Å². The van der Waals surface area contributed by atoms with Gasteiger partial charge in [0.2, 0.25) is 0 Å². The molecule has 1 heterocycles. The minimum absolute atomic E-state index is 0.145. The summed E-state index contributed by atoms with van der Waals surface area (Å²) in [6.07, 6.45) is 3.59. The second kappa shape index (κ2) is 7.52. The Labute approximate surface area is 169 Å². The van der Waals surface area contributed by atoms with Crippen molar-refractivity contribution in [1.82, 2.24) is 9.55 Å². The zero-order valence-corrected chi connectivity index (χ0v) is 16.7. The molecule has 0 aliphatic heterocycles. The van der Waals surface area contributed by atoms with Gasteiger partial charge in [-0.1, -0.05) is 51.8 Å². The van der Waals surface area contributed by atoms with E-state index in [1.807, 2.05) is 49.4 Å². The second-order valence-corrected chi connectivity index (χ2v) is 7.41. The molecular weight excluding hydrogens is 419 g/mol. The van der Waals surface area contributed by atoms with Gasteiger partial charge in [0, 0.05) is 4.47 Å². The zero-order chi connectivity index (χ0) is 19.7. The van der Waals surface area contributed by atoms with Crippen LogP contribution < -0.4 is 5.56 Å². The summed E-state index contributed by atoms with van der Waals surface area (Å²) in [5.74, 6) is 0.219. The van der Waals surface area contributed by atoms with Crippen molar-refractivity contribution in [1.29, 1.82) is 0 Å². The third kappa shape index (κ3) is 3.66. The minimum Gasteiger partial charge on any atom is -0.268 e. The van der Waals surface area contributed by atoms with E-state index in [1.165, 1.54) is 12.1 Å². The fourth-order valence-corrected chi connectivity index (χ4v) is 3.34. The van der Waals surface area contributed by atoms with E-state index < -0.39 is 0 Å². The van der Waals surface area contributed by atoms with Crippen LogP contribution in [-0.2, 0) is 0 Å². The molecule has 0 amide bonds. The number of rotatable bonds is 3. The zero-order valence-electron chi connectivity index (χ0n) is 15.1. The maximum absolute atomic E-state index is 13.3. The number of benzene rings is 3. The highest BCUT2D eigenvalue weighted by Gasteiger charge is 2.11. The molecule has 3 nitrogen and oxygen atoms in total. The fraction of sp³-hybridized carbons (Fsp3) is 0.0435. The average Bonchev–Trinajstić information content (AvgIpc) is 2.69. The van der Waals surface area contributed by atoms with Crippen LogP contribution in [0.5, 0.6) is 0 Å². The molecule has 28 heavy (non-hydrogen) atoms. The SMILES string of the molecule is Cc1ccc(-n2c(/C=C/c3ccc(F)cc3)nc3ccc(Br)cc3c2=O)cc1. The summed E-state index contributed by atoms with van der Waals surface area (Å²) in [4.78, 5) is 18.0. The first kappa shape index (κ1) is 18.3. The van der Waals surface area contributed by atoms with Gasteiger partial charge in [0.25, 0.3) is 5.56 Å². The highest BCUT2D eigenvalue weighted by molar-refractivity contribution is 9.10. The molecule has 4 rings (SSSR count). The molecule has 0 unspecified atom stereocenters. The Morgan fingerprint density at radius 3 is 2.39 bits per heavy atom. The van der Waals surface area contributed by atoms with Crippen molar-refractivity contribution >= 4 is 39.0 Å². The van der Waals surface area contributed by atoms with E-state index in [1.54, 1.807) is 28.8 Å². The standard InChI is InChI=1S/C23H16BrFN2O/c1-15-2-10-19(11-3-15)27-22(13-6-16-4-8-18(25)9-5-16)26-21-12-7-17(24)14-20(21)23(27)28/h2-14H,1H3/b13-6+. The van der Waals surface area contributed by atoms with Gasteiger partial charge in [0.15, 0.2) is 0 Å². The number of nitrogens with zero attached hydrogens (tertiary/aromatic N) is 2. The molecule has 0 spiro atoms. The maximum Gasteiger partial charge on any atom is 0.266 e. The van der Waals surface area contributed by atoms with Gasteiger partial charge in [0.1, 0.15) is 11.6 Å². The summed E-state index contributed by atoms with van der Waals surface area (Å²) < 4.78 is 15.6. The third-order valence-corrected chi connectivity index (χ3v) is 4.94. The first-order valence-electron chi connectivity index (χ1n) is 8.74. The van der Waals surface area contributed by atoms with Gasteiger partial charge in [0.05, 0.1) is 16.6 Å². The molecule has 0 atom stereocenters. The number of hydrogen-bond acceptors (Lipinski definition) is 2. The molecule has 138 valence electrons. The quantitative estimate of drug-likeness (QED) is 0.410. The normalized spacial score (nSPS) is 11.4. The Kier molecular flexibility index (Phi) is 4.92. The third-order valence-electron chi connectivity index (χ3n) is 4.44. The Balaban J connectivity index is 1.93. The average molecular weight is 435 g/mol. The molecule has 4 aromatic rings. The molecule has 0 radical (unpaired) electrons. The van der Waals surface area contributed by atoms with E-state index in [2.05, 4.69) is 20.9 Å². The Bertz CT molecular complexity index is 1240.